The largest absolute Gasteiger partial charge is 0.392 e. The zero-order valence-corrected chi connectivity index (χ0v) is 6.91. The van der Waals surface area contributed by atoms with Gasteiger partial charge >= 0.3 is 0 Å². The van der Waals surface area contributed by atoms with Crippen LogP contribution in [0.2, 0.25) is 0 Å². The first-order valence-electron chi connectivity index (χ1n) is 4.06. The van der Waals surface area contributed by atoms with Gasteiger partial charge < -0.3 is 10.4 Å². The number of nitrogens with one attached hydrogen (secondary N) is 2. The minimum absolute atomic E-state index is 0.116. The highest BCUT2D eigenvalue weighted by molar-refractivity contribution is 4.99. The molecule has 1 fully saturated rings. The lowest BCUT2D eigenvalue weighted by atomic mass is 10.2. The second kappa shape index (κ2) is 2.84. The van der Waals surface area contributed by atoms with Crippen LogP contribution in [0, 0.1) is 6.92 Å². The first-order valence-corrected chi connectivity index (χ1v) is 4.06. The molecule has 0 aliphatic carbocycles. The number of aliphatic hydroxyl groups is 1. The molecular formula is C7H12N4O. The van der Waals surface area contributed by atoms with Gasteiger partial charge in [-0.25, -0.2) is 4.98 Å². The molecule has 66 valence electrons. The predicted octanol–water partition coefficient (Wildman–Crippen LogP) is -0.492. The van der Waals surface area contributed by atoms with Gasteiger partial charge in [0.25, 0.3) is 0 Å². The maximum Gasteiger partial charge on any atom is 0.167 e. The Morgan fingerprint density at radius 1 is 1.58 bits per heavy atom. The maximum atomic E-state index is 9.24. The van der Waals surface area contributed by atoms with E-state index in [0.717, 1.165) is 11.6 Å². The van der Waals surface area contributed by atoms with Crippen molar-refractivity contribution in [2.75, 3.05) is 6.54 Å². The minimum atomic E-state index is -0.256. The number of β-amino-alcohol motifs (C(OH)–C–C–N with tert-alkyl or cyclic N) is 1. The van der Waals surface area contributed by atoms with Gasteiger partial charge in [0.1, 0.15) is 5.82 Å². The summed E-state index contributed by atoms with van der Waals surface area (Å²) in [5.41, 5.74) is 0. The molecule has 2 atom stereocenters. The summed E-state index contributed by atoms with van der Waals surface area (Å²) in [7, 11) is 0. The molecule has 5 heteroatoms. The number of rotatable bonds is 1. The third kappa shape index (κ3) is 1.33. The monoisotopic (exact) mass is 168 g/mol. The fraction of sp³-hybridized carbons (Fsp3) is 0.714. The van der Waals surface area contributed by atoms with E-state index in [1.807, 2.05) is 6.92 Å². The molecule has 0 spiro atoms. The molecule has 5 nitrogen and oxygen atoms in total. The summed E-state index contributed by atoms with van der Waals surface area (Å²) in [6.07, 6.45) is 0.450. The maximum absolute atomic E-state index is 9.24. The van der Waals surface area contributed by atoms with Crippen LogP contribution in [0.15, 0.2) is 0 Å². The van der Waals surface area contributed by atoms with E-state index >= 15 is 0 Å². The second-order valence-electron chi connectivity index (χ2n) is 3.13. The summed E-state index contributed by atoms with van der Waals surface area (Å²) < 4.78 is 0. The van der Waals surface area contributed by atoms with Crippen molar-refractivity contribution >= 4 is 0 Å². The number of nitrogens with zero attached hydrogens (tertiary/aromatic N) is 2. The van der Waals surface area contributed by atoms with Gasteiger partial charge in [0.2, 0.25) is 0 Å². The van der Waals surface area contributed by atoms with E-state index in [0.29, 0.717) is 13.0 Å². The highest BCUT2D eigenvalue weighted by Crippen LogP contribution is 2.19. The quantitative estimate of drug-likeness (QED) is 0.529. The van der Waals surface area contributed by atoms with E-state index in [-0.39, 0.29) is 12.1 Å². The van der Waals surface area contributed by atoms with Crippen molar-refractivity contribution < 1.29 is 5.11 Å². The third-order valence-corrected chi connectivity index (χ3v) is 2.03. The van der Waals surface area contributed by atoms with Gasteiger partial charge in [-0.1, -0.05) is 0 Å². The number of aliphatic hydroxyl groups excluding tert-OH is 1. The summed E-state index contributed by atoms with van der Waals surface area (Å²) in [6, 6.07) is 0.116. The summed E-state index contributed by atoms with van der Waals surface area (Å²) in [6.45, 7) is 2.50. The fourth-order valence-corrected chi connectivity index (χ4v) is 1.43. The molecule has 0 saturated carbocycles. The molecule has 0 radical (unpaired) electrons. The first-order chi connectivity index (χ1) is 5.75. The van der Waals surface area contributed by atoms with Crippen molar-refractivity contribution in [2.24, 2.45) is 0 Å². The van der Waals surface area contributed by atoms with Crippen LogP contribution in [0.5, 0.6) is 0 Å². The van der Waals surface area contributed by atoms with Crippen molar-refractivity contribution in [3.05, 3.63) is 11.6 Å². The Kier molecular flexibility index (Phi) is 1.82. The summed E-state index contributed by atoms with van der Waals surface area (Å²) in [4.78, 5) is 4.19. The number of H-pyrrole nitrogens is 1. The molecule has 0 aromatic carbocycles. The number of aromatic amines is 1. The average Bonchev–Trinajstić information content (AvgIpc) is 2.58. The fourth-order valence-electron chi connectivity index (χ4n) is 1.43. The molecule has 2 heterocycles. The van der Waals surface area contributed by atoms with E-state index in [1.165, 1.54) is 0 Å². The van der Waals surface area contributed by atoms with Crippen molar-refractivity contribution in [1.29, 1.82) is 0 Å². The van der Waals surface area contributed by atoms with Crippen molar-refractivity contribution in [3.8, 4) is 0 Å². The highest BCUT2D eigenvalue weighted by atomic mass is 16.3. The molecule has 1 aliphatic heterocycles. The van der Waals surface area contributed by atoms with E-state index in [2.05, 4.69) is 20.5 Å². The summed E-state index contributed by atoms with van der Waals surface area (Å²) in [5.74, 6) is 1.57. The molecule has 0 unspecified atom stereocenters. The SMILES string of the molecule is Cc1nc([C@H]2C[C@H](O)CN2)n[nH]1. The third-order valence-electron chi connectivity index (χ3n) is 2.03. The molecule has 1 saturated heterocycles. The van der Waals surface area contributed by atoms with Crippen molar-refractivity contribution in [1.82, 2.24) is 20.5 Å². The van der Waals surface area contributed by atoms with Crippen LogP contribution in [-0.4, -0.2) is 32.9 Å². The average molecular weight is 168 g/mol. The Hall–Kier alpha value is -0.940. The van der Waals surface area contributed by atoms with Gasteiger partial charge in [-0.2, -0.15) is 5.10 Å². The second-order valence-corrected chi connectivity index (χ2v) is 3.13. The van der Waals surface area contributed by atoms with Crippen LogP contribution in [0.25, 0.3) is 0 Å². The Labute approximate surface area is 70.2 Å². The van der Waals surface area contributed by atoms with Crippen LogP contribution in [0.4, 0.5) is 0 Å². The van der Waals surface area contributed by atoms with E-state index in [9.17, 15) is 5.11 Å². The van der Waals surface area contributed by atoms with Gasteiger partial charge in [-0.15, -0.1) is 0 Å². The smallest absolute Gasteiger partial charge is 0.167 e. The molecule has 3 N–H and O–H groups in total. The Bertz CT molecular complexity index is 272. The van der Waals surface area contributed by atoms with Gasteiger partial charge in [-0.05, 0) is 13.3 Å². The van der Waals surface area contributed by atoms with Gasteiger partial charge in [-0.3, -0.25) is 5.10 Å². The predicted molar refractivity (Wildman–Crippen MR) is 42.5 cm³/mol. The molecule has 0 amide bonds. The van der Waals surface area contributed by atoms with Gasteiger partial charge in [0.15, 0.2) is 5.82 Å². The van der Waals surface area contributed by atoms with E-state index in [4.69, 9.17) is 0 Å². The molecule has 2 rings (SSSR count). The lowest BCUT2D eigenvalue weighted by molar-refractivity contribution is 0.193. The van der Waals surface area contributed by atoms with Crippen LogP contribution in [-0.2, 0) is 0 Å². The standard InChI is InChI=1S/C7H12N4O/c1-4-9-7(11-10-4)6-2-5(12)3-8-6/h5-6,8,12H,2-3H2,1H3,(H,9,10,11)/t5-,6+/m0/s1. The normalized spacial score (nSPS) is 29.5. The van der Waals surface area contributed by atoms with Crippen molar-refractivity contribution in [3.63, 3.8) is 0 Å². The topological polar surface area (TPSA) is 73.8 Å². The first kappa shape index (κ1) is 7.70. The van der Waals surface area contributed by atoms with Crippen LogP contribution in [0.1, 0.15) is 24.1 Å². The van der Waals surface area contributed by atoms with Crippen molar-refractivity contribution in [2.45, 2.75) is 25.5 Å². The van der Waals surface area contributed by atoms with Crippen LogP contribution in [0.3, 0.4) is 0 Å². The molecule has 0 bridgehead atoms. The number of hydrogen-bond donors (Lipinski definition) is 3. The summed E-state index contributed by atoms with van der Waals surface area (Å²) >= 11 is 0. The van der Waals surface area contributed by atoms with E-state index in [1.54, 1.807) is 0 Å². The molecular weight excluding hydrogens is 156 g/mol. The number of hydrogen-bond acceptors (Lipinski definition) is 4. The molecule has 12 heavy (non-hydrogen) atoms. The Morgan fingerprint density at radius 2 is 2.42 bits per heavy atom. The minimum Gasteiger partial charge on any atom is -0.392 e. The lowest BCUT2D eigenvalue weighted by Gasteiger charge is -2.02. The number of aryl methyl sites for hydroxylation is 1. The highest BCUT2D eigenvalue weighted by Gasteiger charge is 2.26. The number of aromatic nitrogens is 3. The lowest BCUT2D eigenvalue weighted by Crippen LogP contribution is -2.15. The zero-order valence-electron chi connectivity index (χ0n) is 6.91. The van der Waals surface area contributed by atoms with Crippen LogP contribution < -0.4 is 5.32 Å². The van der Waals surface area contributed by atoms with E-state index < -0.39 is 0 Å². The summed E-state index contributed by atoms with van der Waals surface area (Å²) in [5, 5.41) is 19.2. The molecule has 1 aromatic heterocycles. The molecule has 1 aromatic rings. The molecule has 1 aliphatic rings. The van der Waals surface area contributed by atoms with Gasteiger partial charge in [0.05, 0.1) is 12.1 Å². The Balaban J connectivity index is 2.11. The Morgan fingerprint density at radius 3 is 2.92 bits per heavy atom. The zero-order chi connectivity index (χ0) is 8.55. The van der Waals surface area contributed by atoms with Gasteiger partial charge in [0, 0.05) is 6.54 Å². The van der Waals surface area contributed by atoms with Crippen LogP contribution >= 0.6 is 0 Å².